The fourth-order valence-electron chi connectivity index (χ4n) is 3.37. The lowest BCUT2D eigenvalue weighted by atomic mass is 9.90. The van der Waals surface area contributed by atoms with Gasteiger partial charge in [-0.2, -0.15) is 0 Å². The minimum atomic E-state index is -0.476. The van der Waals surface area contributed by atoms with Crippen LogP contribution < -0.4 is 4.74 Å². The molecule has 4 nitrogen and oxygen atoms in total. The molecule has 0 aromatic heterocycles. The molecule has 1 unspecified atom stereocenters. The molecular weight excluding hydrogens is 454 g/mol. The average Bonchev–Trinajstić information content (AvgIpc) is 2.76. The Hall–Kier alpha value is -2.76. The van der Waals surface area contributed by atoms with Crippen LogP contribution >= 0.6 is 23.2 Å². The van der Waals surface area contributed by atoms with Gasteiger partial charge in [0, 0.05) is 27.9 Å². The van der Waals surface area contributed by atoms with Crippen LogP contribution in [0.2, 0.25) is 10.0 Å². The van der Waals surface area contributed by atoms with Gasteiger partial charge in [-0.3, -0.25) is 0 Å². The standard InChI is InChI=1S/C25H23Cl2FO4/c1-3-31-25(30)14-32-19-12-22(26)21(23(27)13-19)11-16-4-9-24(29)20(10-16)15(2)17-5-7-18(28)8-6-17/h4-10,12-13,15,29H,3,11,14H2,1-2H3. The van der Waals surface area contributed by atoms with Gasteiger partial charge in [0.15, 0.2) is 6.61 Å². The lowest BCUT2D eigenvalue weighted by Gasteiger charge is -2.16. The van der Waals surface area contributed by atoms with Crippen LogP contribution in [0.1, 0.15) is 42.0 Å². The lowest BCUT2D eigenvalue weighted by molar-refractivity contribution is -0.145. The Morgan fingerprint density at radius 3 is 2.34 bits per heavy atom. The summed E-state index contributed by atoms with van der Waals surface area (Å²) in [5.74, 6) is -0.396. The topological polar surface area (TPSA) is 55.8 Å². The highest BCUT2D eigenvalue weighted by molar-refractivity contribution is 6.36. The van der Waals surface area contributed by atoms with Crippen LogP contribution in [0, 0.1) is 5.82 Å². The Balaban J connectivity index is 1.80. The highest BCUT2D eigenvalue weighted by atomic mass is 35.5. The largest absolute Gasteiger partial charge is 0.508 e. The monoisotopic (exact) mass is 476 g/mol. The molecule has 3 aromatic carbocycles. The molecule has 168 valence electrons. The zero-order valence-corrected chi connectivity index (χ0v) is 19.2. The molecule has 1 N–H and O–H groups in total. The lowest BCUT2D eigenvalue weighted by Crippen LogP contribution is -2.14. The fourth-order valence-corrected chi connectivity index (χ4v) is 3.97. The number of carbonyl (C=O) groups excluding carboxylic acids is 1. The van der Waals surface area contributed by atoms with E-state index in [1.54, 1.807) is 43.3 Å². The van der Waals surface area contributed by atoms with E-state index in [0.717, 1.165) is 16.7 Å². The second kappa shape index (κ2) is 10.7. The number of rotatable bonds is 8. The molecule has 0 aliphatic carbocycles. The van der Waals surface area contributed by atoms with Gasteiger partial charge in [-0.05, 0) is 53.9 Å². The van der Waals surface area contributed by atoms with Crippen molar-refractivity contribution in [2.45, 2.75) is 26.2 Å². The van der Waals surface area contributed by atoms with Crippen molar-refractivity contribution >= 4 is 29.2 Å². The van der Waals surface area contributed by atoms with Gasteiger partial charge in [-0.25, -0.2) is 9.18 Å². The summed E-state index contributed by atoms with van der Waals surface area (Å²) in [6, 6.07) is 14.7. The van der Waals surface area contributed by atoms with Crippen LogP contribution in [0.5, 0.6) is 11.5 Å². The van der Waals surface area contributed by atoms with Crippen LogP contribution in [-0.2, 0) is 16.0 Å². The Morgan fingerprint density at radius 2 is 1.72 bits per heavy atom. The van der Waals surface area contributed by atoms with Gasteiger partial charge in [0.25, 0.3) is 0 Å². The summed E-state index contributed by atoms with van der Waals surface area (Å²) in [5, 5.41) is 11.2. The SMILES string of the molecule is CCOC(=O)COc1cc(Cl)c(Cc2ccc(O)c(C(C)c3ccc(F)cc3)c2)c(Cl)c1. The molecule has 3 aromatic rings. The first-order chi connectivity index (χ1) is 15.3. The average molecular weight is 477 g/mol. The smallest absolute Gasteiger partial charge is 0.344 e. The third-order valence-electron chi connectivity index (χ3n) is 5.09. The van der Waals surface area contributed by atoms with Crippen LogP contribution in [0.3, 0.4) is 0 Å². The summed E-state index contributed by atoms with van der Waals surface area (Å²) in [6.07, 6.45) is 0.430. The first-order valence-electron chi connectivity index (χ1n) is 10.1. The van der Waals surface area contributed by atoms with Gasteiger partial charge in [-0.1, -0.05) is 54.4 Å². The molecule has 0 aliphatic heterocycles. The first-order valence-corrected chi connectivity index (χ1v) is 10.9. The van der Waals surface area contributed by atoms with E-state index < -0.39 is 5.97 Å². The minimum Gasteiger partial charge on any atom is -0.508 e. The number of benzene rings is 3. The van der Waals surface area contributed by atoms with Gasteiger partial charge in [0.2, 0.25) is 0 Å². The molecule has 32 heavy (non-hydrogen) atoms. The number of ether oxygens (including phenoxy) is 2. The summed E-state index contributed by atoms with van der Waals surface area (Å²) < 4.78 is 23.5. The van der Waals surface area contributed by atoms with Gasteiger partial charge in [0.05, 0.1) is 6.61 Å². The summed E-state index contributed by atoms with van der Waals surface area (Å²) in [4.78, 5) is 11.5. The van der Waals surface area contributed by atoms with E-state index >= 15 is 0 Å². The van der Waals surface area contributed by atoms with Crippen molar-refractivity contribution in [3.05, 3.63) is 92.7 Å². The van der Waals surface area contributed by atoms with Crippen LogP contribution in [0.25, 0.3) is 0 Å². The van der Waals surface area contributed by atoms with Crippen molar-refractivity contribution < 1.29 is 23.8 Å². The normalized spacial score (nSPS) is 11.8. The maximum absolute atomic E-state index is 13.3. The van der Waals surface area contributed by atoms with Crippen LogP contribution in [0.15, 0.2) is 54.6 Å². The molecule has 0 amide bonds. The fraction of sp³-hybridized carbons (Fsp3) is 0.240. The Bertz CT molecular complexity index is 1080. The third-order valence-corrected chi connectivity index (χ3v) is 5.76. The maximum Gasteiger partial charge on any atom is 0.344 e. The van der Waals surface area contributed by atoms with E-state index in [-0.39, 0.29) is 30.7 Å². The number of carbonyl (C=O) groups is 1. The molecule has 1 atom stereocenters. The maximum atomic E-state index is 13.3. The van der Waals surface area contributed by atoms with Crippen molar-refractivity contribution in [1.29, 1.82) is 0 Å². The number of aromatic hydroxyl groups is 1. The van der Waals surface area contributed by atoms with E-state index in [2.05, 4.69) is 0 Å². The highest BCUT2D eigenvalue weighted by Gasteiger charge is 2.16. The molecule has 0 radical (unpaired) electrons. The highest BCUT2D eigenvalue weighted by Crippen LogP contribution is 2.35. The summed E-state index contributed by atoms with van der Waals surface area (Å²) in [5.41, 5.74) is 3.20. The van der Waals surface area contributed by atoms with E-state index in [4.69, 9.17) is 32.7 Å². The molecule has 3 rings (SSSR count). The molecule has 0 heterocycles. The molecule has 7 heteroatoms. The van der Waals surface area contributed by atoms with Crippen molar-refractivity contribution in [2.75, 3.05) is 13.2 Å². The molecular formula is C25H23Cl2FO4. The summed E-state index contributed by atoms with van der Waals surface area (Å²) in [6.45, 7) is 3.71. The summed E-state index contributed by atoms with van der Waals surface area (Å²) in [7, 11) is 0. The van der Waals surface area contributed by atoms with Crippen LogP contribution in [-0.4, -0.2) is 24.3 Å². The molecule has 0 bridgehead atoms. The summed E-state index contributed by atoms with van der Waals surface area (Å²) >= 11 is 12.9. The van der Waals surface area contributed by atoms with E-state index in [0.29, 0.717) is 27.8 Å². The van der Waals surface area contributed by atoms with E-state index in [1.807, 2.05) is 13.0 Å². The zero-order chi connectivity index (χ0) is 23.3. The predicted molar refractivity (Wildman–Crippen MR) is 123 cm³/mol. The van der Waals surface area contributed by atoms with Crippen molar-refractivity contribution in [2.24, 2.45) is 0 Å². The number of phenolic OH excluding ortho intramolecular Hbond substituents is 1. The quantitative estimate of drug-likeness (QED) is 0.375. The van der Waals surface area contributed by atoms with Gasteiger partial charge >= 0.3 is 5.97 Å². The van der Waals surface area contributed by atoms with Gasteiger partial charge < -0.3 is 14.6 Å². The second-order valence-electron chi connectivity index (χ2n) is 7.30. The Labute approximate surface area is 196 Å². The molecule has 0 fully saturated rings. The van der Waals surface area contributed by atoms with Crippen molar-refractivity contribution in [1.82, 2.24) is 0 Å². The predicted octanol–water partition coefficient (Wildman–Crippen LogP) is 6.52. The Kier molecular flexibility index (Phi) is 7.99. The first kappa shape index (κ1) is 23.9. The minimum absolute atomic E-state index is 0.139. The number of hydrogen-bond acceptors (Lipinski definition) is 4. The number of phenols is 1. The van der Waals surface area contributed by atoms with Crippen LogP contribution in [0.4, 0.5) is 4.39 Å². The van der Waals surface area contributed by atoms with E-state index in [9.17, 15) is 14.3 Å². The Morgan fingerprint density at radius 1 is 1.06 bits per heavy atom. The number of halogens is 3. The molecule has 0 spiro atoms. The molecule has 0 aliphatic rings. The van der Waals surface area contributed by atoms with E-state index in [1.165, 1.54) is 12.1 Å². The molecule has 0 saturated carbocycles. The van der Waals surface area contributed by atoms with Crippen molar-refractivity contribution in [3.63, 3.8) is 0 Å². The van der Waals surface area contributed by atoms with Gasteiger partial charge in [-0.15, -0.1) is 0 Å². The molecule has 0 saturated heterocycles. The zero-order valence-electron chi connectivity index (χ0n) is 17.7. The number of hydrogen-bond donors (Lipinski definition) is 1. The third kappa shape index (κ3) is 5.93. The number of esters is 1. The second-order valence-corrected chi connectivity index (χ2v) is 8.12. The van der Waals surface area contributed by atoms with Crippen molar-refractivity contribution in [3.8, 4) is 11.5 Å². The van der Waals surface area contributed by atoms with Gasteiger partial charge in [0.1, 0.15) is 17.3 Å².